The van der Waals surface area contributed by atoms with Crippen molar-refractivity contribution in [1.29, 1.82) is 0 Å². The average Bonchev–Trinajstić information content (AvgIpc) is 2.83. The molecule has 0 unspecified atom stereocenters. The molecule has 4 rings (SSSR count). The van der Waals surface area contributed by atoms with E-state index in [0.29, 0.717) is 28.1 Å². The number of amides is 2. The minimum atomic E-state index is -0.636. The standard InChI is InChI=1S/C26H19BrCl2N2O4S/c1-14-5-3-6-15(9-14)13-35-23-18(27)11-16(12-21(23)34-2)10-17-24(32)30-26(36)31(25(17)33)20-8-4-7-19(28)22(20)29/h3-12H,13H2,1-2H3,(H,30,32,36)/b17-10+. The lowest BCUT2D eigenvalue weighted by molar-refractivity contribution is -0.122. The van der Waals surface area contributed by atoms with E-state index in [0.717, 1.165) is 16.0 Å². The van der Waals surface area contributed by atoms with Crippen molar-refractivity contribution >= 4 is 80.0 Å². The molecule has 0 aliphatic carbocycles. The Hall–Kier alpha value is -2.91. The molecule has 0 saturated carbocycles. The van der Waals surface area contributed by atoms with Crippen LogP contribution in [0.15, 0.2) is 64.6 Å². The predicted octanol–water partition coefficient (Wildman–Crippen LogP) is 6.48. The summed E-state index contributed by atoms with van der Waals surface area (Å²) in [5, 5.41) is 2.84. The number of nitrogens with zero attached hydrogens (tertiary/aromatic N) is 1. The van der Waals surface area contributed by atoms with Crippen molar-refractivity contribution in [3.8, 4) is 11.5 Å². The Morgan fingerprint density at radius 2 is 1.86 bits per heavy atom. The van der Waals surface area contributed by atoms with Gasteiger partial charge < -0.3 is 9.47 Å². The highest BCUT2D eigenvalue weighted by molar-refractivity contribution is 9.10. The molecule has 0 aromatic heterocycles. The third-order valence-corrected chi connectivity index (χ3v) is 6.98. The lowest BCUT2D eigenvalue weighted by Crippen LogP contribution is -2.54. The van der Waals surface area contributed by atoms with Gasteiger partial charge >= 0.3 is 0 Å². The van der Waals surface area contributed by atoms with Gasteiger partial charge in [0.15, 0.2) is 16.6 Å². The van der Waals surface area contributed by atoms with Crippen molar-refractivity contribution < 1.29 is 19.1 Å². The number of aryl methyl sites for hydroxylation is 1. The second-order valence-electron chi connectivity index (χ2n) is 7.84. The fourth-order valence-corrected chi connectivity index (χ4v) is 4.86. The molecule has 10 heteroatoms. The first-order valence-corrected chi connectivity index (χ1v) is 12.6. The average molecular weight is 606 g/mol. The number of rotatable bonds is 6. The number of hydrogen-bond donors (Lipinski definition) is 1. The van der Waals surface area contributed by atoms with Crippen molar-refractivity contribution in [2.24, 2.45) is 0 Å². The maximum atomic E-state index is 13.3. The van der Waals surface area contributed by atoms with Gasteiger partial charge in [0, 0.05) is 0 Å². The second-order valence-corrected chi connectivity index (χ2v) is 9.87. The molecule has 3 aromatic carbocycles. The zero-order chi connectivity index (χ0) is 26.0. The van der Waals surface area contributed by atoms with E-state index in [4.69, 9.17) is 44.9 Å². The lowest BCUT2D eigenvalue weighted by atomic mass is 10.1. The molecule has 0 spiro atoms. The van der Waals surface area contributed by atoms with Crippen LogP contribution in [-0.4, -0.2) is 24.0 Å². The fraction of sp³-hybridized carbons (Fsp3) is 0.115. The molecule has 1 fully saturated rings. The summed E-state index contributed by atoms with van der Waals surface area (Å²) in [6.45, 7) is 2.35. The van der Waals surface area contributed by atoms with Gasteiger partial charge in [-0.15, -0.1) is 0 Å². The molecule has 3 aromatic rings. The Labute approximate surface area is 231 Å². The van der Waals surface area contributed by atoms with E-state index >= 15 is 0 Å². The Bertz CT molecular complexity index is 1430. The zero-order valence-electron chi connectivity index (χ0n) is 19.1. The van der Waals surface area contributed by atoms with Gasteiger partial charge in [-0.1, -0.05) is 59.1 Å². The number of ether oxygens (including phenoxy) is 2. The van der Waals surface area contributed by atoms with Crippen LogP contribution in [0.1, 0.15) is 16.7 Å². The van der Waals surface area contributed by atoms with E-state index in [1.54, 1.807) is 30.3 Å². The van der Waals surface area contributed by atoms with E-state index in [-0.39, 0.29) is 26.4 Å². The van der Waals surface area contributed by atoms with Crippen LogP contribution in [0.25, 0.3) is 6.08 Å². The zero-order valence-corrected chi connectivity index (χ0v) is 23.0. The van der Waals surface area contributed by atoms with E-state index in [1.165, 1.54) is 13.2 Å². The van der Waals surface area contributed by atoms with Gasteiger partial charge in [0.2, 0.25) is 0 Å². The highest BCUT2D eigenvalue weighted by Crippen LogP contribution is 2.39. The molecule has 1 saturated heterocycles. The van der Waals surface area contributed by atoms with E-state index < -0.39 is 11.8 Å². The number of anilines is 1. The summed E-state index contributed by atoms with van der Waals surface area (Å²) < 4.78 is 12.1. The molecular formula is C26H19BrCl2N2O4S. The molecule has 1 aliphatic rings. The third-order valence-electron chi connectivity index (χ3n) is 5.30. The van der Waals surface area contributed by atoms with Gasteiger partial charge in [0.05, 0.1) is 27.3 Å². The highest BCUT2D eigenvalue weighted by Gasteiger charge is 2.35. The molecule has 1 heterocycles. The summed E-state index contributed by atoms with van der Waals surface area (Å²) in [5.74, 6) is -0.344. The number of hydrogen-bond acceptors (Lipinski definition) is 5. The van der Waals surface area contributed by atoms with E-state index in [2.05, 4.69) is 21.2 Å². The Morgan fingerprint density at radius 1 is 1.11 bits per heavy atom. The monoisotopic (exact) mass is 604 g/mol. The molecule has 184 valence electrons. The van der Waals surface area contributed by atoms with Crippen molar-refractivity contribution in [3.05, 3.63) is 91.4 Å². The highest BCUT2D eigenvalue weighted by atomic mass is 79.9. The van der Waals surface area contributed by atoms with Gasteiger partial charge in [0.25, 0.3) is 11.8 Å². The first-order chi connectivity index (χ1) is 17.2. The van der Waals surface area contributed by atoms with Crippen LogP contribution in [0.2, 0.25) is 10.0 Å². The summed E-state index contributed by atoms with van der Waals surface area (Å²) >= 11 is 21.2. The number of halogens is 3. The van der Waals surface area contributed by atoms with Crippen molar-refractivity contribution in [1.82, 2.24) is 5.32 Å². The SMILES string of the molecule is COc1cc(/C=C2\C(=O)NC(=S)N(c3cccc(Cl)c3Cl)C2=O)cc(Br)c1OCc1cccc(C)c1. The Kier molecular flexibility index (Phi) is 8.00. The molecule has 0 radical (unpaired) electrons. The van der Waals surface area contributed by atoms with E-state index in [9.17, 15) is 9.59 Å². The Morgan fingerprint density at radius 3 is 2.58 bits per heavy atom. The normalized spacial score (nSPS) is 14.8. The smallest absolute Gasteiger partial charge is 0.270 e. The molecule has 0 atom stereocenters. The summed E-state index contributed by atoms with van der Waals surface area (Å²) in [6, 6.07) is 16.2. The fourth-order valence-electron chi connectivity index (χ4n) is 3.63. The molecule has 6 nitrogen and oxygen atoms in total. The maximum Gasteiger partial charge on any atom is 0.270 e. The summed E-state index contributed by atoms with van der Waals surface area (Å²) in [7, 11) is 1.51. The van der Waals surface area contributed by atoms with Crippen LogP contribution >= 0.6 is 51.3 Å². The van der Waals surface area contributed by atoms with Crippen LogP contribution in [0.3, 0.4) is 0 Å². The third kappa shape index (κ3) is 5.42. The molecule has 1 aliphatic heterocycles. The number of carbonyl (C=O) groups excluding carboxylic acids is 2. The molecule has 2 amide bonds. The maximum absolute atomic E-state index is 13.3. The number of carbonyl (C=O) groups is 2. The molecule has 1 N–H and O–H groups in total. The number of methoxy groups -OCH3 is 1. The summed E-state index contributed by atoms with van der Waals surface area (Å²) in [4.78, 5) is 27.2. The van der Waals surface area contributed by atoms with Crippen LogP contribution in [0.4, 0.5) is 5.69 Å². The lowest BCUT2D eigenvalue weighted by Gasteiger charge is -2.29. The van der Waals surface area contributed by atoms with Crippen molar-refractivity contribution in [3.63, 3.8) is 0 Å². The quantitative estimate of drug-likeness (QED) is 0.198. The van der Waals surface area contributed by atoms with Crippen LogP contribution in [-0.2, 0) is 16.2 Å². The van der Waals surface area contributed by atoms with Crippen LogP contribution < -0.4 is 19.7 Å². The van der Waals surface area contributed by atoms with Crippen LogP contribution in [0, 0.1) is 6.92 Å². The first kappa shape index (κ1) is 26.2. The predicted molar refractivity (Wildman–Crippen MR) is 149 cm³/mol. The van der Waals surface area contributed by atoms with E-state index in [1.807, 2.05) is 31.2 Å². The molecular weight excluding hydrogens is 587 g/mol. The summed E-state index contributed by atoms with van der Waals surface area (Å²) in [6.07, 6.45) is 1.45. The minimum absolute atomic E-state index is 0.0926. The van der Waals surface area contributed by atoms with Gasteiger partial charge in [0.1, 0.15) is 12.2 Å². The first-order valence-electron chi connectivity index (χ1n) is 10.6. The van der Waals surface area contributed by atoms with Crippen molar-refractivity contribution in [2.45, 2.75) is 13.5 Å². The molecule has 36 heavy (non-hydrogen) atoms. The summed E-state index contributed by atoms with van der Waals surface area (Å²) in [5.41, 5.74) is 2.80. The largest absolute Gasteiger partial charge is 0.493 e. The van der Waals surface area contributed by atoms with Crippen LogP contribution in [0.5, 0.6) is 11.5 Å². The minimum Gasteiger partial charge on any atom is -0.493 e. The second kappa shape index (κ2) is 11.0. The van der Waals surface area contributed by atoms with Gasteiger partial charge in [-0.2, -0.15) is 0 Å². The number of nitrogens with one attached hydrogen (secondary N) is 1. The number of benzene rings is 3. The topological polar surface area (TPSA) is 67.9 Å². The van der Waals surface area contributed by atoms with Gasteiger partial charge in [-0.05, 0) is 76.5 Å². The van der Waals surface area contributed by atoms with Gasteiger partial charge in [-0.25, -0.2) is 0 Å². The molecule has 0 bridgehead atoms. The van der Waals surface area contributed by atoms with Gasteiger partial charge in [-0.3, -0.25) is 19.8 Å². The number of thiocarbonyl (C=S) groups is 1. The van der Waals surface area contributed by atoms with Crippen molar-refractivity contribution in [2.75, 3.05) is 12.0 Å². The Balaban J connectivity index is 1.66.